The number of hydrogen-bond acceptors (Lipinski definition) is 5. The van der Waals surface area contributed by atoms with Gasteiger partial charge in [-0.25, -0.2) is 14.7 Å². The number of benzene rings is 3. The summed E-state index contributed by atoms with van der Waals surface area (Å²) in [6.45, 7) is -0.193. The van der Waals surface area contributed by atoms with Crippen LogP contribution in [0.2, 0.25) is 10.0 Å². The fraction of sp³-hybridized carbons (Fsp3) is 0.120. The summed E-state index contributed by atoms with van der Waals surface area (Å²) in [4.78, 5) is 17.6. The maximum atomic E-state index is 13.5. The molecule has 2 atom stereocenters. The van der Waals surface area contributed by atoms with Gasteiger partial charge in [-0.2, -0.15) is 10.2 Å². The molecule has 9 heteroatoms. The Hall–Kier alpha value is -3.68. The lowest BCUT2D eigenvalue weighted by molar-refractivity contribution is -0.135. The van der Waals surface area contributed by atoms with Crippen molar-refractivity contribution in [3.05, 3.63) is 113 Å². The number of nitrogens with zero attached hydrogens (tertiary/aromatic N) is 5. The second kappa shape index (κ2) is 9.67. The Morgan fingerprint density at radius 3 is 2.35 bits per heavy atom. The largest absolute Gasteiger partial charge is 0.484 e. The number of hydrazone groups is 1. The molecule has 1 aliphatic heterocycles. The number of aromatic nitrogens is 3. The third kappa shape index (κ3) is 4.40. The van der Waals surface area contributed by atoms with E-state index >= 15 is 0 Å². The van der Waals surface area contributed by atoms with Crippen molar-refractivity contribution in [3.8, 4) is 5.75 Å². The Kier molecular flexibility index (Phi) is 6.29. The van der Waals surface area contributed by atoms with Crippen LogP contribution in [0.25, 0.3) is 0 Å². The molecule has 0 radical (unpaired) electrons. The van der Waals surface area contributed by atoms with Crippen LogP contribution < -0.4 is 4.74 Å². The number of carbonyl (C=O) groups excluding carboxylic acids is 1. The van der Waals surface area contributed by atoms with Gasteiger partial charge in [0.25, 0.3) is 5.91 Å². The maximum absolute atomic E-state index is 13.5. The molecule has 34 heavy (non-hydrogen) atoms. The molecule has 3 aromatic carbocycles. The number of halogens is 2. The highest BCUT2D eigenvalue weighted by Gasteiger charge is 2.44. The van der Waals surface area contributed by atoms with E-state index in [0.717, 1.165) is 5.56 Å². The second-order valence-electron chi connectivity index (χ2n) is 7.62. The molecular weight excluding hydrogens is 473 g/mol. The predicted octanol–water partition coefficient (Wildman–Crippen LogP) is 5.19. The van der Waals surface area contributed by atoms with Gasteiger partial charge in [-0.3, -0.25) is 4.79 Å². The Morgan fingerprint density at radius 1 is 0.941 bits per heavy atom. The average Bonchev–Trinajstić information content (AvgIpc) is 3.52. The van der Waals surface area contributed by atoms with E-state index in [9.17, 15) is 4.79 Å². The topological polar surface area (TPSA) is 72.6 Å². The summed E-state index contributed by atoms with van der Waals surface area (Å²) in [7, 11) is 0. The molecule has 4 aromatic rings. The lowest BCUT2D eigenvalue weighted by atomic mass is 9.93. The van der Waals surface area contributed by atoms with Crippen LogP contribution in [0.3, 0.4) is 0 Å². The molecule has 7 nitrogen and oxygen atoms in total. The zero-order chi connectivity index (χ0) is 23.5. The molecule has 170 valence electrons. The van der Waals surface area contributed by atoms with Gasteiger partial charge in [-0.05, 0) is 29.8 Å². The minimum Gasteiger partial charge on any atom is -0.484 e. The molecule has 0 aliphatic carbocycles. The molecule has 2 heterocycles. The Bertz CT molecular complexity index is 1310. The SMILES string of the molecule is O=C(COc1ccccc1)N1N=C(c2ccccc2)C(n2cncn2)C1c1ccc(Cl)cc1Cl. The van der Waals surface area contributed by atoms with E-state index in [1.807, 2.05) is 48.5 Å². The first-order valence-electron chi connectivity index (χ1n) is 10.5. The van der Waals surface area contributed by atoms with Crippen molar-refractivity contribution in [3.63, 3.8) is 0 Å². The van der Waals surface area contributed by atoms with Crippen LogP contribution >= 0.6 is 23.2 Å². The van der Waals surface area contributed by atoms with Gasteiger partial charge in [0.05, 0.1) is 5.71 Å². The van der Waals surface area contributed by atoms with Gasteiger partial charge in [-0.1, -0.05) is 77.8 Å². The van der Waals surface area contributed by atoms with Crippen LogP contribution in [-0.2, 0) is 4.79 Å². The molecule has 0 N–H and O–H groups in total. The Balaban J connectivity index is 1.58. The first kappa shape index (κ1) is 22.1. The number of amides is 1. The summed E-state index contributed by atoms with van der Waals surface area (Å²) in [5, 5.41) is 11.5. The summed E-state index contributed by atoms with van der Waals surface area (Å²) in [6, 6.07) is 23.0. The summed E-state index contributed by atoms with van der Waals surface area (Å²) in [6.07, 6.45) is 3.06. The van der Waals surface area contributed by atoms with Crippen molar-refractivity contribution in [1.29, 1.82) is 0 Å². The molecule has 1 amide bonds. The number of ether oxygens (including phenoxy) is 1. The van der Waals surface area contributed by atoms with Gasteiger partial charge in [-0.15, -0.1) is 0 Å². The number of para-hydroxylation sites is 1. The monoisotopic (exact) mass is 491 g/mol. The van der Waals surface area contributed by atoms with Crippen LogP contribution in [0.4, 0.5) is 0 Å². The van der Waals surface area contributed by atoms with Gasteiger partial charge < -0.3 is 4.74 Å². The Labute approximate surface area is 206 Å². The smallest absolute Gasteiger partial charge is 0.281 e. The highest BCUT2D eigenvalue weighted by atomic mass is 35.5. The first-order valence-corrected chi connectivity index (χ1v) is 11.3. The second-order valence-corrected chi connectivity index (χ2v) is 8.47. The molecule has 0 saturated heterocycles. The van der Waals surface area contributed by atoms with Gasteiger partial charge in [0.15, 0.2) is 6.61 Å². The van der Waals surface area contributed by atoms with Crippen molar-refractivity contribution >= 4 is 34.8 Å². The van der Waals surface area contributed by atoms with Gasteiger partial charge in [0.1, 0.15) is 30.5 Å². The number of hydrogen-bond donors (Lipinski definition) is 0. The van der Waals surface area contributed by atoms with E-state index in [4.69, 9.17) is 33.0 Å². The highest BCUT2D eigenvalue weighted by molar-refractivity contribution is 6.35. The van der Waals surface area contributed by atoms with Crippen molar-refractivity contribution < 1.29 is 9.53 Å². The maximum Gasteiger partial charge on any atom is 0.281 e. The van der Waals surface area contributed by atoms with E-state index < -0.39 is 12.1 Å². The zero-order valence-electron chi connectivity index (χ0n) is 17.8. The van der Waals surface area contributed by atoms with E-state index in [-0.39, 0.29) is 12.5 Å². The third-order valence-electron chi connectivity index (χ3n) is 5.49. The molecular formula is C25H19Cl2N5O2. The summed E-state index contributed by atoms with van der Waals surface area (Å²) in [5.41, 5.74) is 2.21. The number of rotatable bonds is 6. The minimum absolute atomic E-state index is 0.193. The first-order chi connectivity index (χ1) is 16.6. The normalized spacial score (nSPS) is 17.5. The standard InChI is InChI=1S/C25H19Cl2N5O2/c26-18-11-12-20(21(27)13-18)24-25(31-16-28-15-29-31)23(17-7-3-1-4-8-17)30-32(24)22(33)14-34-19-9-5-2-6-10-19/h1-13,15-16,24-25H,14H2. The predicted molar refractivity (Wildman–Crippen MR) is 130 cm³/mol. The van der Waals surface area contributed by atoms with E-state index in [1.54, 1.807) is 41.3 Å². The van der Waals surface area contributed by atoms with Crippen LogP contribution in [0.15, 0.2) is 96.6 Å². The molecule has 2 unspecified atom stereocenters. The van der Waals surface area contributed by atoms with Gasteiger partial charge >= 0.3 is 0 Å². The molecule has 0 bridgehead atoms. The zero-order valence-corrected chi connectivity index (χ0v) is 19.3. The van der Waals surface area contributed by atoms with Gasteiger partial charge in [0.2, 0.25) is 0 Å². The Morgan fingerprint density at radius 2 is 1.68 bits per heavy atom. The molecule has 0 spiro atoms. The average molecular weight is 492 g/mol. The van der Waals surface area contributed by atoms with Crippen LogP contribution in [0.5, 0.6) is 5.75 Å². The summed E-state index contributed by atoms with van der Waals surface area (Å²) >= 11 is 12.8. The fourth-order valence-corrected chi connectivity index (χ4v) is 4.49. The fourth-order valence-electron chi connectivity index (χ4n) is 3.97. The van der Waals surface area contributed by atoms with Crippen molar-refractivity contribution in [2.45, 2.75) is 12.1 Å². The van der Waals surface area contributed by atoms with E-state index in [2.05, 4.69) is 10.1 Å². The molecule has 0 saturated carbocycles. The van der Waals surface area contributed by atoms with E-state index in [1.165, 1.54) is 11.3 Å². The molecule has 1 aliphatic rings. The van der Waals surface area contributed by atoms with Crippen molar-refractivity contribution in [2.75, 3.05) is 6.61 Å². The van der Waals surface area contributed by atoms with Gasteiger partial charge in [0, 0.05) is 15.6 Å². The minimum atomic E-state index is -0.589. The lowest BCUT2D eigenvalue weighted by Crippen LogP contribution is -2.35. The van der Waals surface area contributed by atoms with Crippen molar-refractivity contribution in [2.24, 2.45) is 5.10 Å². The molecule has 1 aromatic heterocycles. The van der Waals surface area contributed by atoms with Crippen LogP contribution in [0, 0.1) is 0 Å². The third-order valence-corrected chi connectivity index (χ3v) is 6.05. The van der Waals surface area contributed by atoms with Crippen LogP contribution in [0.1, 0.15) is 23.2 Å². The molecule has 5 rings (SSSR count). The van der Waals surface area contributed by atoms with Crippen molar-refractivity contribution in [1.82, 2.24) is 19.8 Å². The molecule has 0 fully saturated rings. The highest BCUT2D eigenvalue weighted by Crippen LogP contribution is 2.43. The quantitative estimate of drug-likeness (QED) is 0.371. The van der Waals surface area contributed by atoms with Crippen LogP contribution in [-0.4, -0.2) is 38.0 Å². The summed E-state index contributed by atoms with van der Waals surface area (Å²) < 4.78 is 7.42. The number of carbonyl (C=O) groups is 1. The lowest BCUT2D eigenvalue weighted by Gasteiger charge is -2.28. The van der Waals surface area contributed by atoms with E-state index in [0.29, 0.717) is 27.1 Å². The summed E-state index contributed by atoms with van der Waals surface area (Å²) in [5.74, 6) is 0.270.